The average molecular weight is 164 g/mol. The Morgan fingerprint density at radius 1 is 1.50 bits per heavy atom. The lowest BCUT2D eigenvalue weighted by Crippen LogP contribution is -1.99. The first-order chi connectivity index (χ1) is 5.90. The Morgan fingerprint density at radius 3 is 3.00 bits per heavy atom. The highest BCUT2D eigenvalue weighted by Gasteiger charge is 2.26. The summed E-state index contributed by atoms with van der Waals surface area (Å²) >= 11 is 0. The van der Waals surface area contributed by atoms with Gasteiger partial charge in [0.05, 0.1) is 0 Å². The highest BCUT2D eigenvalue weighted by Crippen LogP contribution is 2.37. The molecule has 0 atom stereocenters. The molecule has 3 nitrogen and oxygen atoms in total. The van der Waals surface area contributed by atoms with E-state index in [1.54, 1.807) is 6.20 Å². The fourth-order valence-corrected chi connectivity index (χ4v) is 1.20. The van der Waals surface area contributed by atoms with E-state index in [9.17, 15) is 0 Å². The number of hydrogen-bond donors (Lipinski definition) is 1. The van der Waals surface area contributed by atoms with Gasteiger partial charge in [-0.3, -0.25) is 0 Å². The maximum absolute atomic E-state index is 8.70. The minimum absolute atomic E-state index is 0.168. The molecule has 1 aromatic rings. The van der Waals surface area contributed by atoms with Crippen LogP contribution in [-0.2, 0) is 6.42 Å². The van der Waals surface area contributed by atoms with Crippen LogP contribution in [0.3, 0.4) is 0 Å². The third-order valence-electron chi connectivity index (χ3n) is 2.04. The fourth-order valence-electron chi connectivity index (χ4n) is 1.20. The molecule has 1 fully saturated rings. The van der Waals surface area contributed by atoms with Crippen LogP contribution in [0.5, 0.6) is 0 Å². The van der Waals surface area contributed by atoms with E-state index in [-0.39, 0.29) is 6.61 Å². The zero-order valence-corrected chi connectivity index (χ0v) is 6.90. The minimum atomic E-state index is 0.168. The van der Waals surface area contributed by atoms with E-state index in [1.165, 1.54) is 12.8 Å². The van der Waals surface area contributed by atoms with Crippen LogP contribution in [0, 0.1) is 0 Å². The fraction of sp³-hybridized carbons (Fsp3) is 0.556. The molecular formula is C9H12N2O. The summed E-state index contributed by atoms with van der Waals surface area (Å²) in [7, 11) is 0. The molecule has 1 aromatic heterocycles. The van der Waals surface area contributed by atoms with Gasteiger partial charge in [-0.2, -0.15) is 0 Å². The Balaban J connectivity index is 2.15. The molecule has 3 heteroatoms. The summed E-state index contributed by atoms with van der Waals surface area (Å²) in [6.07, 6.45) is 4.87. The van der Waals surface area contributed by atoms with Crippen molar-refractivity contribution < 1.29 is 5.11 Å². The summed E-state index contributed by atoms with van der Waals surface area (Å²) < 4.78 is 0. The lowest BCUT2D eigenvalue weighted by atomic mass is 10.3. The van der Waals surface area contributed by atoms with E-state index in [0.29, 0.717) is 12.3 Å². The monoisotopic (exact) mass is 164 g/mol. The molecule has 0 saturated heterocycles. The minimum Gasteiger partial charge on any atom is -0.396 e. The van der Waals surface area contributed by atoms with Gasteiger partial charge >= 0.3 is 0 Å². The van der Waals surface area contributed by atoms with Crippen LogP contribution in [0.15, 0.2) is 12.3 Å². The normalized spacial score (nSPS) is 16.4. The van der Waals surface area contributed by atoms with E-state index in [2.05, 4.69) is 9.97 Å². The van der Waals surface area contributed by atoms with Crippen molar-refractivity contribution in [3.8, 4) is 0 Å². The molecule has 1 aliphatic rings. The predicted molar refractivity (Wildman–Crippen MR) is 44.8 cm³/mol. The molecule has 0 radical (unpaired) electrons. The Kier molecular flexibility index (Phi) is 2.04. The number of nitrogens with zero attached hydrogens (tertiary/aromatic N) is 2. The Hall–Kier alpha value is -0.960. The standard InChI is InChI=1S/C9H12N2O/c12-6-4-8-3-5-10-9(11-8)7-1-2-7/h3,5,7,12H,1-2,4,6H2. The van der Waals surface area contributed by atoms with Crippen LogP contribution >= 0.6 is 0 Å². The molecule has 0 aromatic carbocycles. The topological polar surface area (TPSA) is 46.0 Å². The summed E-state index contributed by atoms with van der Waals surface area (Å²) in [4.78, 5) is 8.54. The second-order valence-electron chi connectivity index (χ2n) is 3.15. The van der Waals surface area contributed by atoms with Crippen LogP contribution in [0.2, 0.25) is 0 Å². The van der Waals surface area contributed by atoms with Crippen LogP contribution < -0.4 is 0 Å². The highest BCUT2D eigenvalue weighted by atomic mass is 16.3. The molecule has 1 heterocycles. The maximum Gasteiger partial charge on any atom is 0.131 e. The van der Waals surface area contributed by atoms with E-state index in [0.717, 1.165) is 11.5 Å². The largest absolute Gasteiger partial charge is 0.396 e. The summed E-state index contributed by atoms with van der Waals surface area (Å²) in [6.45, 7) is 0.168. The van der Waals surface area contributed by atoms with E-state index in [1.807, 2.05) is 6.07 Å². The summed E-state index contributed by atoms with van der Waals surface area (Å²) in [5.41, 5.74) is 0.953. The molecule has 1 saturated carbocycles. The van der Waals surface area contributed by atoms with E-state index >= 15 is 0 Å². The summed E-state index contributed by atoms with van der Waals surface area (Å²) in [5, 5.41) is 8.70. The van der Waals surface area contributed by atoms with Gasteiger partial charge in [-0.05, 0) is 18.9 Å². The zero-order chi connectivity index (χ0) is 8.39. The van der Waals surface area contributed by atoms with Crippen molar-refractivity contribution in [2.24, 2.45) is 0 Å². The van der Waals surface area contributed by atoms with Crippen LogP contribution in [0.4, 0.5) is 0 Å². The van der Waals surface area contributed by atoms with Crippen molar-refractivity contribution >= 4 is 0 Å². The van der Waals surface area contributed by atoms with Crippen molar-refractivity contribution in [1.82, 2.24) is 9.97 Å². The number of aliphatic hydroxyl groups excluding tert-OH is 1. The van der Waals surface area contributed by atoms with Gasteiger partial charge in [0.2, 0.25) is 0 Å². The van der Waals surface area contributed by atoms with E-state index < -0.39 is 0 Å². The molecule has 2 rings (SSSR count). The van der Waals surface area contributed by atoms with Crippen molar-refractivity contribution in [2.75, 3.05) is 6.61 Å². The number of aliphatic hydroxyl groups is 1. The molecule has 64 valence electrons. The molecule has 0 unspecified atom stereocenters. The SMILES string of the molecule is OCCc1ccnc(C2CC2)n1. The molecule has 0 aliphatic heterocycles. The quantitative estimate of drug-likeness (QED) is 0.721. The summed E-state index contributed by atoms with van der Waals surface area (Å²) in [5.74, 6) is 1.56. The molecule has 1 N–H and O–H groups in total. The van der Waals surface area contributed by atoms with Gasteiger partial charge in [0, 0.05) is 30.8 Å². The van der Waals surface area contributed by atoms with Crippen LogP contribution in [-0.4, -0.2) is 21.7 Å². The molecule has 0 bridgehead atoms. The molecular weight excluding hydrogens is 152 g/mol. The van der Waals surface area contributed by atoms with Gasteiger partial charge in [-0.1, -0.05) is 0 Å². The van der Waals surface area contributed by atoms with Crippen molar-refractivity contribution in [1.29, 1.82) is 0 Å². The van der Waals surface area contributed by atoms with Crippen LogP contribution in [0.25, 0.3) is 0 Å². The second kappa shape index (κ2) is 3.19. The Morgan fingerprint density at radius 2 is 2.33 bits per heavy atom. The van der Waals surface area contributed by atoms with Crippen molar-refractivity contribution in [3.05, 3.63) is 23.8 Å². The van der Waals surface area contributed by atoms with Gasteiger partial charge in [-0.15, -0.1) is 0 Å². The Bertz CT molecular complexity index is 271. The lowest BCUT2D eigenvalue weighted by Gasteiger charge is -1.99. The number of rotatable bonds is 3. The highest BCUT2D eigenvalue weighted by molar-refractivity contribution is 5.09. The first-order valence-electron chi connectivity index (χ1n) is 4.33. The van der Waals surface area contributed by atoms with Crippen molar-refractivity contribution in [2.45, 2.75) is 25.2 Å². The number of aromatic nitrogens is 2. The molecule has 0 amide bonds. The second-order valence-corrected chi connectivity index (χ2v) is 3.15. The molecule has 0 spiro atoms. The maximum atomic E-state index is 8.70. The predicted octanol–water partition coefficient (Wildman–Crippen LogP) is 0.889. The van der Waals surface area contributed by atoms with Gasteiger partial charge in [0.15, 0.2) is 0 Å². The molecule has 12 heavy (non-hydrogen) atoms. The first-order valence-corrected chi connectivity index (χ1v) is 4.33. The third-order valence-corrected chi connectivity index (χ3v) is 2.04. The van der Waals surface area contributed by atoms with Gasteiger partial charge in [0.25, 0.3) is 0 Å². The van der Waals surface area contributed by atoms with Gasteiger partial charge < -0.3 is 5.11 Å². The third kappa shape index (κ3) is 1.61. The molecule has 1 aliphatic carbocycles. The van der Waals surface area contributed by atoms with E-state index in [4.69, 9.17) is 5.11 Å². The smallest absolute Gasteiger partial charge is 0.131 e. The van der Waals surface area contributed by atoms with Crippen molar-refractivity contribution in [3.63, 3.8) is 0 Å². The van der Waals surface area contributed by atoms with Crippen LogP contribution in [0.1, 0.15) is 30.3 Å². The number of hydrogen-bond acceptors (Lipinski definition) is 3. The average Bonchev–Trinajstić information content (AvgIpc) is 2.88. The Labute approximate surface area is 71.5 Å². The lowest BCUT2D eigenvalue weighted by molar-refractivity contribution is 0.298. The van der Waals surface area contributed by atoms with Gasteiger partial charge in [-0.25, -0.2) is 9.97 Å². The first kappa shape index (κ1) is 7.68. The summed E-state index contributed by atoms with van der Waals surface area (Å²) in [6, 6.07) is 1.86. The zero-order valence-electron chi connectivity index (χ0n) is 6.90. The van der Waals surface area contributed by atoms with Gasteiger partial charge in [0.1, 0.15) is 5.82 Å².